The Hall–Kier alpha value is -3.42. The van der Waals surface area contributed by atoms with Crippen molar-refractivity contribution >= 4 is 0 Å². The van der Waals surface area contributed by atoms with Crippen LogP contribution < -0.4 is 0 Å². The zero-order valence-electron chi connectivity index (χ0n) is 12.7. The Morgan fingerprint density at radius 1 is 0.583 bits per heavy atom. The van der Waals surface area contributed by atoms with Crippen LogP contribution >= 0.6 is 0 Å². The number of hydrogen-bond acceptors (Lipinski definition) is 6. The van der Waals surface area contributed by atoms with Crippen molar-refractivity contribution in [1.29, 1.82) is 0 Å². The highest BCUT2D eigenvalue weighted by molar-refractivity contribution is 5.28. The zero-order valence-corrected chi connectivity index (χ0v) is 12.7. The summed E-state index contributed by atoms with van der Waals surface area (Å²) in [4.78, 5) is 0. The Kier molecular flexibility index (Phi) is 3.77. The van der Waals surface area contributed by atoms with Crippen LogP contribution in [0, 0.1) is 0 Å². The Morgan fingerprint density at radius 3 is 1.33 bits per heavy atom. The van der Waals surface area contributed by atoms with Crippen LogP contribution in [0.5, 0.6) is 0 Å². The summed E-state index contributed by atoms with van der Waals surface area (Å²) >= 11 is 0. The normalized spacial score (nSPS) is 13.5. The smallest absolute Gasteiger partial charge is 0.138 e. The summed E-state index contributed by atoms with van der Waals surface area (Å²) in [6, 6.07) is 19.8. The number of tetrazole rings is 2. The van der Waals surface area contributed by atoms with Gasteiger partial charge in [0.05, 0.1) is 0 Å². The summed E-state index contributed by atoms with van der Waals surface area (Å²) in [7, 11) is 0. The molecule has 0 saturated carbocycles. The van der Waals surface area contributed by atoms with Gasteiger partial charge in [-0.15, -0.1) is 10.2 Å². The van der Waals surface area contributed by atoms with Crippen molar-refractivity contribution in [1.82, 2.24) is 40.4 Å². The minimum absolute atomic E-state index is 0.188. The fourth-order valence-corrected chi connectivity index (χ4v) is 2.85. The molecule has 4 rings (SSSR count). The average molecular weight is 318 g/mol. The highest BCUT2D eigenvalue weighted by atomic mass is 15.6. The minimum atomic E-state index is -0.188. The van der Waals surface area contributed by atoms with Crippen LogP contribution in [-0.2, 0) is 0 Å². The topological polar surface area (TPSA) is 87.2 Å². The minimum Gasteiger partial charge on any atom is -0.222 e. The van der Waals surface area contributed by atoms with Gasteiger partial charge in [-0.25, -0.2) is 9.36 Å². The first-order valence-electron chi connectivity index (χ1n) is 7.48. The van der Waals surface area contributed by atoms with Gasteiger partial charge < -0.3 is 0 Å². The number of nitrogens with zero attached hydrogens (tertiary/aromatic N) is 8. The monoisotopic (exact) mass is 318 g/mol. The van der Waals surface area contributed by atoms with E-state index in [0.717, 1.165) is 11.1 Å². The summed E-state index contributed by atoms with van der Waals surface area (Å²) in [5.41, 5.74) is 2.13. The molecule has 24 heavy (non-hydrogen) atoms. The fourth-order valence-electron chi connectivity index (χ4n) is 2.85. The van der Waals surface area contributed by atoms with Gasteiger partial charge in [0.15, 0.2) is 0 Å². The third-order valence-corrected chi connectivity index (χ3v) is 3.88. The van der Waals surface area contributed by atoms with E-state index in [1.165, 1.54) is 0 Å². The summed E-state index contributed by atoms with van der Waals surface area (Å²) < 4.78 is 3.46. The van der Waals surface area contributed by atoms with Gasteiger partial charge in [0.2, 0.25) is 0 Å². The quantitative estimate of drug-likeness (QED) is 0.555. The molecule has 0 fully saturated rings. The van der Waals surface area contributed by atoms with E-state index in [0.29, 0.717) is 0 Å². The molecule has 0 aliphatic carbocycles. The standard InChI is InChI=1S/C16H14N8/c1-3-7-13(8-4-1)15(23-11-17-19-21-23)16(24-12-18-20-22-24)14-9-5-2-6-10-14/h1-12,15-16H/t15-,16-/m1/s1. The lowest BCUT2D eigenvalue weighted by Gasteiger charge is -2.27. The van der Waals surface area contributed by atoms with Crippen molar-refractivity contribution in [2.45, 2.75) is 12.1 Å². The second kappa shape index (κ2) is 6.37. The van der Waals surface area contributed by atoms with Crippen molar-refractivity contribution in [2.24, 2.45) is 0 Å². The molecule has 0 unspecified atom stereocenters. The molecule has 0 saturated heterocycles. The summed E-state index contributed by atoms with van der Waals surface area (Å²) in [6.07, 6.45) is 3.22. The van der Waals surface area contributed by atoms with Crippen LogP contribution in [0.15, 0.2) is 73.3 Å². The van der Waals surface area contributed by atoms with Crippen LogP contribution in [0.25, 0.3) is 0 Å². The van der Waals surface area contributed by atoms with Crippen LogP contribution in [0.4, 0.5) is 0 Å². The molecular weight excluding hydrogens is 304 g/mol. The summed E-state index contributed by atoms with van der Waals surface area (Å²) in [5, 5.41) is 23.4. The van der Waals surface area contributed by atoms with Gasteiger partial charge >= 0.3 is 0 Å². The molecule has 2 aromatic heterocycles. The first kappa shape index (κ1) is 14.2. The van der Waals surface area contributed by atoms with Crippen molar-refractivity contribution in [3.8, 4) is 0 Å². The molecule has 0 spiro atoms. The number of hydrogen-bond donors (Lipinski definition) is 0. The van der Waals surface area contributed by atoms with E-state index in [1.807, 2.05) is 60.7 Å². The third kappa shape index (κ3) is 2.65. The predicted molar refractivity (Wildman–Crippen MR) is 84.8 cm³/mol. The van der Waals surface area contributed by atoms with E-state index in [4.69, 9.17) is 0 Å². The predicted octanol–water partition coefficient (Wildman–Crippen LogP) is 1.54. The highest BCUT2D eigenvalue weighted by Crippen LogP contribution is 2.34. The van der Waals surface area contributed by atoms with Crippen LogP contribution in [0.2, 0.25) is 0 Å². The lowest BCUT2D eigenvalue weighted by atomic mass is 9.93. The van der Waals surface area contributed by atoms with Crippen molar-refractivity contribution in [3.05, 3.63) is 84.4 Å². The number of benzene rings is 2. The molecule has 2 aromatic carbocycles. The van der Waals surface area contributed by atoms with E-state index in [-0.39, 0.29) is 12.1 Å². The molecule has 4 aromatic rings. The van der Waals surface area contributed by atoms with Crippen molar-refractivity contribution in [2.75, 3.05) is 0 Å². The molecule has 8 heteroatoms. The largest absolute Gasteiger partial charge is 0.222 e. The lowest BCUT2D eigenvalue weighted by Crippen LogP contribution is -2.26. The van der Waals surface area contributed by atoms with E-state index < -0.39 is 0 Å². The van der Waals surface area contributed by atoms with Gasteiger partial charge in [-0.05, 0) is 32.0 Å². The Morgan fingerprint density at radius 2 is 1.00 bits per heavy atom. The SMILES string of the molecule is c1ccc([C@H]([C@@H](c2ccccc2)n2cnnn2)n2cnnn2)cc1. The molecule has 0 amide bonds. The molecule has 118 valence electrons. The Balaban J connectivity index is 1.90. The summed E-state index contributed by atoms with van der Waals surface area (Å²) in [5.74, 6) is 0. The van der Waals surface area contributed by atoms with Crippen LogP contribution in [0.3, 0.4) is 0 Å². The molecule has 0 radical (unpaired) electrons. The average Bonchev–Trinajstić information content (AvgIpc) is 3.35. The van der Waals surface area contributed by atoms with Crippen LogP contribution in [0.1, 0.15) is 23.2 Å². The van der Waals surface area contributed by atoms with Gasteiger partial charge in [-0.1, -0.05) is 60.7 Å². The maximum absolute atomic E-state index is 4.12. The summed E-state index contributed by atoms with van der Waals surface area (Å²) in [6.45, 7) is 0. The molecule has 0 aliphatic rings. The van der Waals surface area contributed by atoms with E-state index in [9.17, 15) is 0 Å². The highest BCUT2D eigenvalue weighted by Gasteiger charge is 2.30. The Labute approximate surface area is 137 Å². The van der Waals surface area contributed by atoms with Gasteiger partial charge in [-0.3, -0.25) is 0 Å². The lowest BCUT2D eigenvalue weighted by molar-refractivity contribution is 0.357. The Bertz CT molecular complexity index is 783. The molecule has 0 aliphatic heterocycles. The first-order chi connectivity index (χ1) is 11.9. The molecule has 8 nitrogen and oxygen atoms in total. The van der Waals surface area contributed by atoms with Crippen LogP contribution in [-0.4, -0.2) is 40.4 Å². The number of aromatic nitrogens is 8. The van der Waals surface area contributed by atoms with Gasteiger partial charge in [0.25, 0.3) is 0 Å². The van der Waals surface area contributed by atoms with Gasteiger partial charge in [-0.2, -0.15) is 0 Å². The van der Waals surface area contributed by atoms with E-state index >= 15 is 0 Å². The molecule has 0 bridgehead atoms. The van der Waals surface area contributed by atoms with Crippen molar-refractivity contribution < 1.29 is 0 Å². The number of rotatable bonds is 5. The first-order valence-corrected chi connectivity index (χ1v) is 7.48. The molecular formula is C16H14N8. The fraction of sp³-hybridized carbons (Fsp3) is 0.125. The maximum atomic E-state index is 4.12. The van der Waals surface area contributed by atoms with E-state index in [2.05, 4.69) is 31.1 Å². The van der Waals surface area contributed by atoms with Gasteiger partial charge in [0.1, 0.15) is 24.7 Å². The molecule has 0 N–H and O–H groups in total. The van der Waals surface area contributed by atoms with Crippen molar-refractivity contribution in [3.63, 3.8) is 0 Å². The second-order valence-corrected chi connectivity index (χ2v) is 5.29. The molecule has 2 heterocycles. The van der Waals surface area contributed by atoms with E-state index in [1.54, 1.807) is 22.0 Å². The zero-order chi connectivity index (χ0) is 16.2. The molecule has 2 atom stereocenters. The third-order valence-electron chi connectivity index (χ3n) is 3.88. The maximum Gasteiger partial charge on any atom is 0.138 e. The second-order valence-electron chi connectivity index (χ2n) is 5.29. The van der Waals surface area contributed by atoms with Gasteiger partial charge in [0, 0.05) is 0 Å².